The van der Waals surface area contributed by atoms with Crippen molar-refractivity contribution in [3.8, 4) is 17.0 Å². The lowest BCUT2D eigenvalue weighted by Gasteiger charge is -2.00. The van der Waals surface area contributed by atoms with E-state index in [9.17, 15) is 4.79 Å². The summed E-state index contributed by atoms with van der Waals surface area (Å²) < 4.78 is 5.11. The van der Waals surface area contributed by atoms with Gasteiger partial charge in [0.1, 0.15) is 11.4 Å². The molecule has 0 fully saturated rings. The van der Waals surface area contributed by atoms with E-state index in [1.807, 2.05) is 31.2 Å². The first-order valence-electron chi connectivity index (χ1n) is 6.68. The van der Waals surface area contributed by atoms with Crippen molar-refractivity contribution in [3.05, 3.63) is 47.9 Å². The second-order valence-corrected chi connectivity index (χ2v) is 4.76. The molecule has 112 valence electrons. The van der Waals surface area contributed by atoms with E-state index in [0.29, 0.717) is 17.3 Å². The molecule has 0 bridgehead atoms. The van der Waals surface area contributed by atoms with Gasteiger partial charge in [-0.3, -0.25) is 15.2 Å². The van der Waals surface area contributed by atoms with Crippen LogP contribution in [0.15, 0.2) is 36.5 Å². The Labute approximate surface area is 126 Å². The van der Waals surface area contributed by atoms with E-state index >= 15 is 0 Å². The molecule has 7 nitrogen and oxygen atoms in total. The minimum absolute atomic E-state index is 0.304. The SMILES string of the molecule is COc1ccc(-c2cc(C(=O)Nc3ncc(C)[nH]3)[nH]n2)cc1. The number of hydrogen-bond donors (Lipinski definition) is 3. The maximum absolute atomic E-state index is 12.1. The summed E-state index contributed by atoms with van der Waals surface area (Å²) in [6.07, 6.45) is 1.64. The average Bonchev–Trinajstić information content (AvgIpc) is 3.17. The number of imidazole rings is 1. The number of nitrogens with zero attached hydrogens (tertiary/aromatic N) is 2. The molecule has 0 aliphatic rings. The molecule has 3 N–H and O–H groups in total. The van der Waals surface area contributed by atoms with Crippen molar-refractivity contribution in [1.29, 1.82) is 0 Å². The van der Waals surface area contributed by atoms with Crippen LogP contribution in [0.25, 0.3) is 11.3 Å². The molecular weight excluding hydrogens is 282 g/mol. The lowest BCUT2D eigenvalue weighted by Crippen LogP contribution is -2.13. The Morgan fingerprint density at radius 2 is 2.05 bits per heavy atom. The van der Waals surface area contributed by atoms with Gasteiger partial charge >= 0.3 is 0 Å². The summed E-state index contributed by atoms with van der Waals surface area (Å²) in [4.78, 5) is 19.1. The topological polar surface area (TPSA) is 95.7 Å². The van der Waals surface area contributed by atoms with Crippen LogP contribution in [-0.4, -0.2) is 33.2 Å². The number of nitrogens with one attached hydrogen (secondary N) is 3. The molecule has 2 aromatic heterocycles. The molecule has 22 heavy (non-hydrogen) atoms. The maximum Gasteiger partial charge on any atom is 0.275 e. The Kier molecular flexibility index (Phi) is 3.61. The highest BCUT2D eigenvalue weighted by molar-refractivity contribution is 6.02. The van der Waals surface area contributed by atoms with Crippen LogP contribution >= 0.6 is 0 Å². The fourth-order valence-corrected chi connectivity index (χ4v) is 2.00. The minimum atomic E-state index is -0.304. The van der Waals surface area contributed by atoms with Gasteiger partial charge in [0.05, 0.1) is 12.8 Å². The lowest BCUT2D eigenvalue weighted by molar-refractivity contribution is 0.102. The van der Waals surface area contributed by atoms with Crippen LogP contribution in [0.2, 0.25) is 0 Å². The van der Waals surface area contributed by atoms with Crippen LogP contribution in [0, 0.1) is 6.92 Å². The summed E-state index contributed by atoms with van der Waals surface area (Å²) in [6, 6.07) is 9.14. The van der Waals surface area contributed by atoms with Gasteiger partial charge in [0, 0.05) is 17.5 Å². The minimum Gasteiger partial charge on any atom is -0.497 e. The molecule has 3 aromatic rings. The van der Waals surface area contributed by atoms with Gasteiger partial charge in [-0.25, -0.2) is 4.98 Å². The summed E-state index contributed by atoms with van der Waals surface area (Å²) in [5.41, 5.74) is 2.81. The van der Waals surface area contributed by atoms with E-state index in [0.717, 1.165) is 17.0 Å². The number of anilines is 1. The van der Waals surface area contributed by atoms with Gasteiger partial charge in [-0.05, 0) is 37.3 Å². The first kappa shape index (κ1) is 13.9. The molecule has 3 rings (SSSR count). The number of aromatic amines is 2. The van der Waals surface area contributed by atoms with Crippen LogP contribution < -0.4 is 10.1 Å². The number of ether oxygens (including phenoxy) is 1. The zero-order chi connectivity index (χ0) is 15.5. The van der Waals surface area contributed by atoms with Gasteiger partial charge in [-0.15, -0.1) is 0 Å². The third-order valence-electron chi connectivity index (χ3n) is 3.14. The smallest absolute Gasteiger partial charge is 0.275 e. The Morgan fingerprint density at radius 1 is 1.27 bits per heavy atom. The summed E-state index contributed by atoms with van der Waals surface area (Å²) in [6.45, 7) is 1.86. The van der Waals surface area contributed by atoms with Crippen LogP contribution in [0.3, 0.4) is 0 Å². The highest BCUT2D eigenvalue weighted by Crippen LogP contribution is 2.21. The number of rotatable bonds is 4. The molecule has 7 heteroatoms. The molecule has 0 aliphatic carbocycles. The molecule has 0 unspecified atom stereocenters. The summed E-state index contributed by atoms with van der Waals surface area (Å²) in [7, 11) is 1.61. The molecule has 0 aliphatic heterocycles. The van der Waals surface area contributed by atoms with Crippen LogP contribution in [0.5, 0.6) is 5.75 Å². The molecular formula is C15H15N5O2. The fourth-order valence-electron chi connectivity index (χ4n) is 2.00. The first-order chi connectivity index (χ1) is 10.7. The molecule has 2 heterocycles. The number of amides is 1. The molecule has 0 radical (unpaired) electrons. The third-order valence-corrected chi connectivity index (χ3v) is 3.14. The molecule has 0 saturated carbocycles. The van der Waals surface area contributed by atoms with Crippen molar-refractivity contribution in [2.75, 3.05) is 12.4 Å². The number of aryl methyl sites for hydroxylation is 1. The Morgan fingerprint density at radius 3 is 2.68 bits per heavy atom. The Hall–Kier alpha value is -3.09. The standard InChI is InChI=1S/C15H15N5O2/c1-9-8-16-15(17-9)18-14(21)13-7-12(19-20-13)10-3-5-11(22-2)6-4-10/h3-8H,1-2H3,(H,19,20)(H2,16,17,18,21). The molecule has 0 spiro atoms. The predicted molar refractivity (Wildman–Crippen MR) is 81.9 cm³/mol. The highest BCUT2D eigenvalue weighted by Gasteiger charge is 2.12. The maximum atomic E-state index is 12.1. The second kappa shape index (κ2) is 5.72. The highest BCUT2D eigenvalue weighted by atomic mass is 16.5. The van der Waals surface area contributed by atoms with Crippen molar-refractivity contribution in [2.24, 2.45) is 0 Å². The lowest BCUT2D eigenvalue weighted by atomic mass is 10.1. The summed E-state index contributed by atoms with van der Waals surface area (Å²) in [5.74, 6) is 0.871. The van der Waals surface area contributed by atoms with Crippen molar-refractivity contribution < 1.29 is 9.53 Å². The van der Waals surface area contributed by atoms with E-state index in [-0.39, 0.29) is 5.91 Å². The summed E-state index contributed by atoms with van der Waals surface area (Å²) in [5, 5.41) is 9.54. The van der Waals surface area contributed by atoms with Crippen molar-refractivity contribution in [3.63, 3.8) is 0 Å². The van der Waals surface area contributed by atoms with Crippen LogP contribution in [0.4, 0.5) is 5.95 Å². The van der Waals surface area contributed by atoms with Crippen LogP contribution in [-0.2, 0) is 0 Å². The van der Waals surface area contributed by atoms with Crippen molar-refractivity contribution in [1.82, 2.24) is 20.2 Å². The Balaban J connectivity index is 1.76. The quantitative estimate of drug-likeness (QED) is 0.689. The normalized spacial score (nSPS) is 10.5. The number of carbonyl (C=O) groups is 1. The number of aromatic nitrogens is 4. The van der Waals surface area contributed by atoms with Crippen LogP contribution in [0.1, 0.15) is 16.2 Å². The number of methoxy groups -OCH3 is 1. The van der Waals surface area contributed by atoms with E-state index in [1.54, 1.807) is 19.4 Å². The zero-order valence-electron chi connectivity index (χ0n) is 12.2. The molecule has 1 aromatic carbocycles. The number of H-pyrrole nitrogens is 2. The van der Waals surface area contributed by atoms with E-state index in [1.165, 1.54) is 0 Å². The van der Waals surface area contributed by atoms with E-state index in [2.05, 4.69) is 25.5 Å². The molecule has 1 amide bonds. The third kappa shape index (κ3) is 2.83. The fraction of sp³-hybridized carbons (Fsp3) is 0.133. The Bertz CT molecular complexity index is 788. The van der Waals surface area contributed by atoms with Crippen molar-refractivity contribution in [2.45, 2.75) is 6.92 Å². The van der Waals surface area contributed by atoms with Gasteiger partial charge in [0.25, 0.3) is 5.91 Å². The second-order valence-electron chi connectivity index (χ2n) is 4.76. The van der Waals surface area contributed by atoms with Gasteiger partial charge < -0.3 is 9.72 Å². The molecule has 0 saturated heterocycles. The molecule has 0 atom stereocenters. The number of hydrogen-bond acceptors (Lipinski definition) is 4. The first-order valence-corrected chi connectivity index (χ1v) is 6.68. The predicted octanol–water partition coefficient (Wildman–Crippen LogP) is 2.37. The van der Waals surface area contributed by atoms with Gasteiger partial charge in [0.2, 0.25) is 5.95 Å². The van der Waals surface area contributed by atoms with Gasteiger partial charge in [-0.2, -0.15) is 5.10 Å². The van der Waals surface area contributed by atoms with Crippen molar-refractivity contribution >= 4 is 11.9 Å². The monoisotopic (exact) mass is 297 g/mol. The van der Waals surface area contributed by atoms with E-state index < -0.39 is 0 Å². The zero-order valence-corrected chi connectivity index (χ0v) is 12.2. The average molecular weight is 297 g/mol. The van der Waals surface area contributed by atoms with Gasteiger partial charge in [-0.1, -0.05) is 0 Å². The number of benzene rings is 1. The summed E-state index contributed by atoms with van der Waals surface area (Å²) >= 11 is 0. The number of carbonyl (C=O) groups excluding carboxylic acids is 1. The largest absolute Gasteiger partial charge is 0.497 e. The van der Waals surface area contributed by atoms with E-state index in [4.69, 9.17) is 4.74 Å². The van der Waals surface area contributed by atoms with Gasteiger partial charge in [0.15, 0.2) is 0 Å².